The Kier molecular flexibility index (Phi) is 3.94. The molecule has 2 rings (SSSR count). The van der Waals surface area contributed by atoms with Gasteiger partial charge in [0.05, 0.1) is 12.8 Å². The van der Waals surface area contributed by atoms with E-state index < -0.39 is 0 Å². The Balaban J connectivity index is 2.21. The Hall–Kier alpha value is -1.88. The summed E-state index contributed by atoms with van der Waals surface area (Å²) in [5.41, 5.74) is 1.29. The predicted octanol–water partition coefficient (Wildman–Crippen LogP) is 1.57. The number of anilines is 1. The minimum Gasteiger partial charge on any atom is -0.351 e. The lowest BCUT2D eigenvalue weighted by molar-refractivity contribution is -0.115. The molecule has 1 aliphatic heterocycles. The molecule has 1 aromatic carbocycles. The summed E-state index contributed by atoms with van der Waals surface area (Å²) >= 11 is 0. The first-order chi connectivity index (χ1) is 8.70. The molecule has 1 atom stereocenters. The molecule has 5 heteroatoms. The molecule has 1 N–H and O–H groups in total. The van der Waals surface area contributed by atoms with E-state index in [1.54, 1.807) is 0 Å². The van der Waals surface area contributed by atoms with E-state index in [-0.39, 0.29) is 5.91 Å². The molecule has 1 amide bonds. The highest BCUT2D eigenvalue weighted by atomic mass is 16.7. The number of para-hydroxylation sites is 1. The highest BCUT2D eigenvalue weighted by molar-refractivity contribution is 6.39. The zero-order valence-electron chi connectivity index (χ0n) is 10.6. The molecule has 96 valence electrons. The third kappa shape index (κ3) is 2.87. The molecular weight excluding hydrogens is 230 g/mol. The van der Waals surface area contributed by atoms with Crippen molar-refractivity contribution in [3.05, 3.63) is 30.3 Å². The van der Waals surface area contributed by atoms with Crippen LogP contribution in [0.25, 0.3) is 0 Å². The van der Waals surface area contributed by atoms with Crippen LogP contribution in [0.3, 0.4) is 0 Å². The highest BCUT2D eigenvalue weighted by Gasteiger charge is 2.22. The van der Waals surface area contributed by atoms with E-state index in [0.29, 0.717) is 24.6 Å². The van der Waals surface area contributed by atoms with Crippen molar-refractivity contribution in [3.63, 3.8) is 0 Å². The summed E-state index contributed by atoms with van der Waals surface area (Å²) in [5, 5.41) is 8.45. The van der Waals surface area contributed by atoms with E-state index in [1.807, 2.05) is 30.3 Å². The van der Waals surface area contributed by atoms with Crippen molar-refractivity contribution < 1.29 is 9.63 Å². The number of piperidine rings is 1. The van der Waals surface area contributed by atoms with Gasteiger partial charge in [-0.25, -0.2) is 0 Å². The van der Waals surface area contributed by atoms with Gasteiger partial charge in [-0.1, -0.05) is 25.1 Å². The lowest BCUT2D eigenvalue weighted by Crippen LogP contribution is -2.42. The maximum Gasteiger partial charge on any atom is 0.267 e. The van der Waals surface area contributed by atoms with Gasteiger partial charge in [-0.15, -0.1) is 10.3 Å². The van der Waals surface area contributed by atoms with Gasteiger partial charge in [0.2, 0.25) is 0 Å². The van der Waals surface area contributed by atoms with Gasteiger partial charge in [0.25, 0.3) is 5.91 Å². The standard InChI is InChI=1S/C13H17N3O2/c1-10-8-12(13(17)14-9-10)15-16(18-2)11-6-4-3-5-7-11/h3-7,10H,8-9H2,1-2H3,(H,14,17). The van der Waals surface area contributed by atoms with Crippen LogP contribution in [-0.4, -0.2) is 25.3 Å². The number of carbonyl (C=O) groups excluding carboxylic acids is 1. The second-order valence-electron chi connectivity index (χ2n) is 4.36. The number of hydrogen-bond acceptors (Lipinski definition) is 4. The number of carbonyl (C=O) groups is 1. The molecule has 18 heavy (non-hydrogen) atoms. The summed E-state index contributed by atoms with van der Waals surface area (Å²) in [4.78, 5) is 16.9. The molecule has 0 bridgehead atoms. The van der Waals surface area contributed by atoms with Gasteiger partial charge < -0.3 is 5.32 Å². The van der Waals surface area contributed by atoms with E-state index in [1.165, 1.54) is 12.3 Å². The molecular formula is C13H17N3O2. The van der Waals surface area contributed by atoms with E-state index >= 15 is 0 Å². The van der Waals surface area contributed by atoms with Gasteiger partial charge in [-0.3, -0.25) is 9.63 Å². The lowest BCUT2D eigenvalue weighted by Gasteiger charge is -2.23. The molecule has 0 aliphatic carbocycles. The molecule has 5 nitrogen and oxygen atoms in total. The van der Waals surface area contributed by atoms with E-state index in [4.69, 9.17) is 4.84 Å². The summed E-state index contributed by atoms with van der Waals surface area (Å²) in [5.74, 6) is 0.280. The number of hydrazone groups is 1. The van der Waals surface area contributed by atoms with Crippen molar-refractivity contribution >= 4 is 17.3 Å². The van der Waals surface area contributed by atoms with Crippen molar-refractivity contribution in [3.8, 4) is 0 Å². The van der Waals surface area contributed by atoms with E-state index in [2.05, 4.69) is 17.3 Å². The van der Waals surface area contributed by atoms with Crippen molar-refractivity contribution in [1.29, 1.82) is 0 Å². The quantitative estimate of drug-likeness (QED) is 0.825. The largest absolute Gasteiger partial charge is 0.351 e. The molecule has 0 radical (unpaired) electrons. The highest BCUT2D eigenvalue weighted by Crippen LogP contribution is 2.16. The zero-order valence-corrected chi connectivity index (χ0v) is 10.6. The zero-order chi connectivity index (χ0) is 13.0. The van der Waals surface area contributed by atoms with Crippen LogP contribution < -0.4 is 10.5 Å². The summed E-state index contributed by atoms with van der Waals surface area (Å²) in [6.45, 7) is 2.78. The summed E-state index contributed by atoms with van der Waals surface area (Å²) in [7, 11) is 1.53. The fourth-order valence-electron chi connectivity index (χ4n) is 1.82. The van der Waals surface area contributed by atoms with Gasteiger partial charge in [0.1, 0.15) is 5.71 Å². The minimum absolute atomic E-state index is 0.119. The van der Waals surface area contributed by atoms with Gasteiger partial charge in [0.15, 0.2) is 0 Å². The van der Waals surface area contributed by atoms with Crippen LogP contribution in [0.2, 0.25) is 0 Å². The smallest absolute Gasteiger partial charge is 0.267 e. The average Bonchev–Trinajstić information content (AvgIpc) is 2.41. The monoisotopic (exact) mass is 247 g/mol. The summed E-state index contributed by atoms with van der Waals surface area (Å²) in [6, 6.07) is 9.45. The summed E-state index contributed by atoms with van der Waals surface area (Å²) < 4.78 is 0. The normalized spacial score (nSPS) is 21.8. The SMILES string of the molecule is CON(N=C1CC(C)CNC1=O)c1ccccc1. The third-order valence-electron chi connectivity index (χ3n) is 2.78. The van der Waals surface area contributed by atoms with Crippen molar-refractivity contribution in [2.75, 3.05) is 18.8 Å². The van der Waals surface area contributed by atoms with Crippen LogP contribution in [0, 0.1) is 5.92 Å². The first kappa shape index (κ1) is 12.6. The summed E-state index contributed by atoms with van der Waals surface area (Å²) in [6.07, 6.45) is 0.665. The van der Waals surface area contributed by atoms with Crippen LogP contribution in [-0.2, 0) is 9.63 Å². The van der Waals surface area contributed by atoms with Crippen molar-refractivity contribution in [2.24, 2.45) is 11.0 Å². The fourth-order valence-corrected chi connectivity index (χ4v) is 1.82. The Labute approximate surface area is 106 Å². The number of hydrogen-bond donors (Lipinski definition) is 1. The topological polar surface area (TPSA) is 53.9 Å². The maximum absolute atomic E-state index is 11.7. The molecule has 0 saturated carbocycles. The second kappa shape index (κ2) is 5.64. The van der Waals surface area contributed by atoms with Crippen LogP contribution in [0.15, 0.2) is 35.4 Å². The third-order valence-corrected chi connectivity index (χ3v) is 2.78. The molecule has 1 saturated heterocycles. The first-order valence-corrected chi connectivity index (χ1v) is 5.95. The Bertz CT molecular complexity index is 445. The fraction of sp³-hybridized carbons (Fsp3) is 0.385. The van der Waals surface area contributed by atoms with Gasteiger partial charge in [-0.2, -0.15) is 0 Å². The number of rotatable bonds is 3. The Morgan fingerprint density at radius 3 is 2.78 bits per heavy atom. The minimum atomic E-state index is -0.119. The Morgan fingerprint density at radius 1 is 1.39 bits per heavy atom. The van der Waals surface area contributed by atoms with Crippen LogP contribution in [0.4, 0.5) is 5.69 Å². The number of nitrogens with one attached hydrogen (secondary N) is 1. The predicted molar refractivity (Wildman–Crippen MR) is 70.2 cm³/mol. The van der Waals surface area contributed by atoms with E-state index in [9.17, 15) is 4.79 Å². The lowest BCUT2D eigenvalue weighted by atomic mass is 10.00. The van der Waals surface area contributed by atoms with Gasteiger partial charge >= 0.3 is 0 Å². The van der Waals surface area contributed by atoms with Crippen LogP contribution in [0.5, 0.6) is 0 Å². The van der Waals surface area contributed by atoms with Crippen LogP contribution in [0.1, 0.15) is 13.3 Å². The number of nitrogens with zero attached hydrogens (tertiary/aromatic N) is 2. The van der Waals surface area contributed by atoms with Crippen molar-refractivity contribution in [1.82, 2.24) is 5.32 Å². The first-order valence-electron chi connectivity index (χ1n) is 5.95. The van der Waals surface area contributed by atoms with Crippen LogP contribution >= 0.6 is 0 Å². The molecule has 1 aliphatic rings. The van der Waals surface area contributed by atoms with Gasteiger partial charge in [-0.05, 0) is 18.1 Å². The molecule has 1 unspecified atom stereocenters. The molecule has 1 fully saturated rings. The van der Waals surface area contributed by atoms with Crippen molar-refractivity contribution in [2.45, 2.75) is 13.3 Å². The molecule has 0 aromatic heterocycles. The number of benzene rings is 1. The molecule has 0 spiro atoms. The second-order valence-corrected chi connectivity index (χ2v) is 4.36. The maximum atomic E-state index is 11.7. The molecule has 1 aromatic rings. The Morgan fingerprint density at radius 2 is 2.11 bits per heavy atom. The van der Waals surface area contributed by atoms with E-state index in [0.717, 1.165) is 5.69 Å². The van der Waals surface area contributed by atoms with Gasteiger partial charge in [0, 0.05) is 13.0 Å². The molecule has 1 heterocycles. The average molecular weight is 247 g/mol. The number of amides is 1.